The number of nitrogen functional groups attached to an aromatic ring is 1. The summed E-state index contributed by atoms with van der Waals surface area (Å²) in [5.74, 6) is 0.155. The van der Waals surface area contributed by atoms with Gasteiger partial charge < -0.3 is 20.3 Å². The summed E-state index contributed by atoms with van der Waals surface area (Å²) in [5.41, 5.74) is 6.54. The van der Waals surface area contributed by atoms with Crippen molar-refractivity contribution < 1.29 is 14.3 Å². The zero-order valence-corrected chi connectivity index (χ0v) is 16.0. The summed E-state index contributed by atoms with van der Waals surface area (Å²) in [6, 6.07) is 7.63. The lowest BCUT2D eigenvalue weighted by Crippen LogP contribution is -2.50. The molecule has 1 aromatic rings. The number of hydrogen-bond donors (Lipinski definition) is 1. The highest BCUT2D eigenvalue weighted by Crippen LogP contribution is 2.41. The van der Waals surface area contributed by atoms with Crippen LogP contribution in [0.15, 0.2) is 24.3 Å². The Hall–Kier alpha value is -2.24. The second-order valence-electron chi connectivity index (χ2n) is 8.50. The molecule has 0 bridgehead atoms. The number of ether oxygens (including phenoxy) is 1. The van der Waals surface area contributed by atoms with Crippen molar-refractivity contribution in [2.24, 2.45) is 5.41 Å². The maximum atomic E-state index is 13.1. The van der Waals surface area contributed by atoms with Gasteiger partial charge in [-0.05, 0) is 57.7 Å². The Balaban J connectivity index is 1.67. The summed E-state index contributed by atoms with van der Waals surface area (Å²) in [5, 5.41) is 0. The van der Waals surface area contributed by atoms with Gasteiger partial charge in [-0.2, -0.15) is 0 Å². The number of benzene rings is 1. The fourth-order valence-electron chi connectivity index (χ4n) is 3.88. The monoisotopic (exact) mass is 359 g/mol. The quantitative estimate of drug-likeness (QED) is 0.824. The molecule has 1 spiro atoms. The lowest BCUT2D eigenvalue weighted by Gasteiger charge is -2.39. The molecule has 2 aliphatic heterocycles. The van der Waals surface area contributed by atoms with Crippen LogP contribution >= 0.6 is 0 Å². The minimum atomic E-state index is -0.525. The Kier molecular flexibility index (Phi) is 4.86. The molecule has 2 amide bonds. The number of amides is 2. The molecule has 2 aliphatic rings. The highest BCUT2D eigenvalue weighted by Gasteiger charge is 2.49. The molecule has 3 rings (SSSR count). The van der Waals surface area contributed by atoms with E-state index in [1.807, 2.05) is 49.9 Å². The summed E-state index contributed by atoms with van der Waals surface area (Å²) in [7, 11) is 0. The summed E-state index contributed by atoms with van der Waals surface area (Å²) in [4.78, 5) is 29.2. The van der Waals surface area contributed by atoms with Crippen LogP contribution in [0.5, 0.6) is 0 Å². The topological polar surface area (TPSA) is 75.9 Å². The molecule has 0 saturated carbocycles. The second kappa shape index (κ2) is 6.82. The van der Waals surface area contributed by atoms with Gasteiger partial charge in [-0.1, -0.05) is 12.1 Å². The molecule has 2 saturated heterocycles. The van der Waals surface area contributed by atoms with Gasteiger partial charge in [0.1, 0.15) is 5.60 Å². The molecule has 26 heavy (non-hydrogen) atoms. The van der Waals surface area contributed by atoms with Crippen molar-refractivity contribution in [1.29, 1.82) is 0 Å². The number of rotatable bonds is 2. The average Bonchev–Trinajstić information content (AvgIpc) is 2.85. The summed E-state index contributed by atoms with van der Waals surface area (Å²) >= 11 is 0. The van der Waals surface area contributed by atoms with E-state index in [9.17, 15) is 9.59 Å². The maximum Gasteiger partial charge on any atom is 0.410 e. The molecule has 0 aromatic heterocycles. The molecule has 1 unspecified atom stereocenters. The van der Waals surface area contributed by atoms with E-state index in [0.717, 1.165) is 37.1 Å². The van der Waals surface area contributed by atoms with Crippen LogP contribution in [0.1, 0.15) is 45.6 Å². The molecule has 0 aliphatic carbocycles. The van der Waals surface area contributed by atoms with Gasteiger partial charge in [0.05, 0.1) is 5.41 Å². The van der Waals surface area contributed by atoms with Crippen LogP contribution in [0.2, 0.25) is 0 Å². The van der Waals surface area contributed by atoms with E-state index < -0.39 is 11.0 Å². The van der Waals surface area contributed by atoms with E-state index in [4.69, 9.17) is 10.5 Å². The zero-order chi connectivity index (χ0) is 18.9. The van der Waals surface area contributed by atoms with Crippen molar-refractivity contribution in [3.05, 3.63) is 29.8 Å². The number of nitrogens with zero attached hydrogens (tertiary/aromatic N) is 2. The normalized spacial score (nSPS) is 23.6. The van der Waals surface area contributed by atoms with Crippen LogP contribution in [0.3, 0.4) is 0 Å². The Morgan fingerprint density at radius 1 is 1.19 bits per heavy atom. The number of anilines is 1. The van der Waals surface area contributed by atoms with E-state index >= 15 is 0 Å². The number of carbonyl (C=O) groups excluding carboxylic acids is 2. The molecule has 6 heteroatoms. The summed E-state index contributed by atoms with van der Waals surface area (Å²) < 4.78 is 5.50. The van der Waals surface area contributed by atoms with E-state index in [1.165, 1.54) is 0 Å². The van der Waals surface area contributed by atoms with Gasteiger partial charge in [0, 0.05) is 31.9 Å². The van der Waals surface area contributed by atoms with Crippen LogP contribution in [-0.2, 0) is 16.1 Å². The van der Waals surface area contributed by atoms with Crippen molar-refractivity contribution in [1.82, 2.24) is 9.80 Å². The van der Waals surface area contributed by atoms with Gasteiger partial charge in [-0.25, -0.2) is 4.79 Å². The lowest BCUT2D eigenvalue weighted by atomic mass is 9.78. The predicted molar refractivity (Wildman–Crippen MR) is 100 cm³/mol. The summed E-state index contributed by atoms with van der Waals surface area (Å²) in [6.45, 7) is 8.01. The average molecular weight is 359 g/mol. The molecular weight excluding hydrogens is 330 g/mol. The molecule has 2 heterocycles. The Bertz CT molecular complexity index is 681. The molecule has 1 atom stereocenters. The first-order chi connectivity index (χ1) is 12.2. The standard InChI is InChI=1S/C20H29N3O3/c1-19(2,3)26-18(25)23-11-4-9-20(14-23)10-12-22(17(20)24)13-15-5-7-16(21)8-6-15/h5-8H,4,9-14,21H2,1-3H3. The Morgan fingerprint density at radius 2 is 1.88 bits per heavy atom. The number of hydrogen-bond acceptors (Lipinski definition) is 4. The third kappa shape index (κ3) is 3.94. The first-order valence-electron chi connectivity index (χ1n) is 9.30. The van der Waals surface area contributed by atoms with Gasteiger partial charge in [-0.3, -0.25) is 4.79 Å². The Labute approximate surface area is 155 Å². The fraction of sp³-hybridized carbons (Fsp3) is 0.600. The molecular formula is C20H29N3O3. The fourth-order valence-corrected chi connectivity index (χ4v) is 3.88. The molecule has 1 aromatic carbocycles. The minimum absolute atomic E-state index is 0.155. The highest BCUT2D eigenvalue weighted by atomic mass is 16.6. The van der Waals surface area contributed by atoms with E-state index in [1.54, 1.807) is 4.90 Å². The van der Waals surface area contributed by atoms with Crippen LogP contribution < -0.4 is 5.73 Å². The van der Waals surface area contributed by atoms with Gasteiger partial charge in [0.15, 0.2) is 0 Å². The molecule has 2 N–H and O–H groups in total. The third-order valence-electron chi connectivity index (χ3n) is 5.18. The van der Waals surface area contributed by atoms with Crippen LogP contribution in [0, 0.1) is 5.41 Å². The lowest BCUT2D eigenvalue weighted by molar-refractivity contribution is -0.139. The van der Waals surface area contributed by atoms with Crippen molar-refractivity contribution in [2.45, 2.75) is 52.2 Å². The maximum absolute atomic E-state index is 13.1. The molecule has 0 radical (unpaired) electrons. The van der Waals surface area contributed by atoms with Crippen molar-refractivity contribution in [3.63, 3.8) is 0 Å². The number of carbonyl (C=O) groups is 2. The minimum Gasteiger partial charge on any atom is -0.444 e. The highest BCUT2D eigenvalue weighted by molar-refractivity contribution is 5.86. The van der Waals surface area contributed by atoms with Gasteiger partial charge >= 0.3 is 6.09 Å². The number of likely N-dealkylation sites (tertiary alicyclic amines) is 2. The second-order valence-corrected chi connectivity index (χ2v) is 8.50. The number of piperidine rings is 1. The van der Waals surface area contributed by atoms with Crippen molar-refractivity contribution >= 4 is 17.7 Å². The first-order valence-corrected chi connectivity index (χ1v) is 9.30. The van der Waals surface area contributed by atoms with Gasteiger partial charge in [0.2, 0.25) is 5.91 Å². The van der Waals surface area contributed by atoms with Crippen LogP contribution in [-0.4, -0.2) is 47.0 Å². The zero-order valence-electron chi connectivity index (χ0n) is 16.0. The van der Waals surface area contributed by atoms with E-state index in [0.29, 0.717) is 19.6 Å². The van der Waals surface area contributed by atoms with Gasteiger partial charge in [0.25, 0.3) is 0 Å². The Morgan fingerprint density at radius 3 is 2.54 bits per heavy atom. The first kappa shape index (κ1) is 18.5. The van der Waals surface area contributed by atoms with E-state index in [2.05, 4.69) is 0 Å². The molecule has 6 nitrogen and oxygen atoms in total. The van der Waals surface area contributed by atoms with Crippen LogP contribution in [0.25, 0.3) is 0 Å². The van der Waals surface area contributed by atoms with Crippen LogP contribution in [0.4, 0.5) is 10.5 Å². The van der Waals surface area contributed by atoms with Gasteiger partial charge in [-0.15, -0.1) is 0 Å². The van der Waals surface area contributed by atoms with E-state index in [-0.39, 0.29) is 12.0 Å². The molecule has 142 valence electrons. The SMILES string of the molecule is CC(C)(C)OC(=O)N1CCCC2(CCN(Cc3ccc(N)cc3)C2=O)C1. The summed E-state index contributed by atoms with van der Waals surface area (Å²) in [6.07, 6.45) is 2.14. The number of nitrogens with two attached hydrogens (primary N) is 1. The third-order valence-corrected chi connectivity index (χ3v) is 5.18. The smallest absolute Gasteiger partial charge is 0.410 e. The van der Waals surface area contributed by atoms with Crippen molar-refractivity contribution in [3.8, 4) is 0 Å². The largest absolute Gasteiger partial charge is 0.444 e. The van der Waals surface area contributed by atoms with Crippen molar-refractivity contribution in [2.75, 3.05) is 25.4 Å². The predicted octanol–water partition coefficient (Wildman–Crippen LogP) is 3.02. The molecule has 2 fully saturated rings.